The second-order valence-corrected chi connectivity index (χ2v) is 6.56. The van der Waals surface area contributed by atoms with Crippen molar-refractivity contribution >= 4 is 23.5 Å². The molecular formula is C21H28N4O6. The number of ether oxygens (including phenoxy) is 2. The van der Waals surface area contributed by atoms with Crippen molar-refractivity contribution in [3.63, 3.8) is 0 Å². The van der Waals surface area contributed by atoms with E-state index in [0.29, 0.717) is 36.2 Å². The monoisotopic (exact) mass is 432 g/mol. The van der Waals surface area contributed by atoms with Crippen LogP contribution in [0.15, 0.2) is 41.0 Å². The van der Waals surface area contributed by atoms with Gasteiger partial charge >= 0.3 is 6.03 Å². The Bertz CT molecular complexity index is 869. The van der Waals surface area contributed by atoms with Crippen LogP contribution in [-0.2, 0) is 16.1 Å². The van der Waals surface area contributed by atoms with Gasteiger partial charge in [-0.3, -0.25) is 19.8 Å². The molecule has 0 atom stereocenters. The van der Waals surface area contributed by atoms with Crippen LogP contribution in [0.1, 0.15) is 19.6 Å². The summed E-state index contributed by atoms with van der Waals surface area (Å²) in [5.74, 6) is 0.853. The molecule has 0 saturated carbocycles. The Morgan fingerprint density at radius 3 is 2.39 bits per heavy atom. The van der Waals surface area contributed by atoms with E-state index in [1.807, 2.05) is 13.8 Å². The molecular weight excluding hydrogens is 404 g/mol. The lowest BCUT2D eigenvalue weighted by atomic mass is 10.2. The standard InChI is InChI=1S/C21H28N4O6/c1-4-29-17-9-8-15(11-18(17)30-5-2)23-19(26)13-25(3)14-20(27)24-21(28)22-12-16-7-6-10-31-16/h6-11H,4-5,12-14H2,1-3H3,(H,23,26)(H2,22,24,27,28). The van der Waals surface area contributed by atoms with Crippen LogP contribution in [0.3, 0.4) is 0 Å². The second kappa shape index (κ2) is 12.2. The van der Waals surface area contributed by atoms with Crippen LogP contribution >= 0.6 is 0 Å². The molecule has 0 bridgehead atoms. The zero-order chi connectivity index (χ0) is 22.6. The molecule has 1 aromatic heterocycles. The van der Waals surface area contributed by atoms with Crippen LogP contribution in [-0.4, -0.2) is 56.1 Å². The number of urea groups is 1. The molecule has 0 unspecified atom stereocenters. The highest BCUT2D eigenvalue weighted by atomic mass is 16.5. The van der Waals surface area contributed by atoms with E-state index in [-0.39, 0.29) is 25.5 Å². The Balaban J connectivity index is 1.77. The van der Waals surface area contributed by atoms with Crippen LogP contribution in [0.5, 0.6) is 11.5 Å². The summed E-state index contributed by atoms with van der Waals surface area (Å²) in [6, 6.07) is 7.88. The lowest BCUT2D eigenvalue weighted by Crippen LogP contribution is -2.44. The van der Waals surface area contributed by atoms with Gasteiger partial charge in [0.2, 0.25) is 11.8 Å². The molecule has 31 heavy (non-hydrogen) atoms. The molecule has 2 rings (SSSR count). The smallest absolute Gasteiger partial charge is 0.321 e. The van der Waals surface area contributed by atoms with E-state index in [0.717, 1.165) is 0 Å². The van der Waals surface area contributed by atoms with Gasteiger partial charge in [-0.25, -0.2) is 4.79 Å². The summed E-state index contributed by atoms with van der Waals surface area (Å²) in [6.07, 6.45) is 1.49. The number of furan rings is 1. The van der Waals surface area contributed by atoms with E-state index in [9.17, 15) is 14.4 Å². The number of nitrogens with zero attached hydrogens (tertiary/aromatic N) is 1. The quantitative estimate of drug-likeness (QED) is 0.496. The van der Waals surface area contributed by atoms with Gasteiger partial charge in [0.25, 0.3) is 0 Å². The van der Waals surface area contributed by atoms with Gasteiger partial charge in [0, 0.05) is 11.8 Å². The zero-order valence-electron chi connectivity index (χ0n) is 17.9. The Labute approximate surface area is 180 Å². The van der Waals surface area contributed by atoms with Crippen molar-refractivity contribution in [2.75, 3.05) is 38.7 Å². The number of carbonyl (C=O) groups is 3. The van der Waals surface area contributed by atoms with Crippen molar-refractivity contribution in [3.8, 4) is 11.5 Å². The van der Waals surface area contributed by atoms with Crippen LogP contribution in [0, 0.1) is 0 Å². The predicted octanol–water partition coefficient (Wildman–Crippen LogP) is 1.97. The summed E-state index contributed by atoms with van der Waals surface area (Å²) in [7, 11) is 1.60. The summed E-state index contributed by atoms with van der Waals surface area (Å²) in [6.45, 7) is 4.69. The normalized spacial score (nSPS) is 10.5. The molecule has 0 spiro atoms. The molecule has 3 N–H and O–H groups in total. The second-order valence-electron chi connectivity index (χ2n) is 6.56. The number of carbonyl (C=O) groups excluding carboxylic acids is 3. The highest BCUT2D eigenvalue weighted by molar-refractivity contribution is 5.96. The molecule has 1 aromatic carbocycles. The number of hydrogen-bond acceptors (Lipinski definition) is 7. The Morgan fingerprint density at radius 2 is 1.71 bits per heavy atom. The number of anilines is 1. The van der Waals surface area contributed by atoms with Gasteiger partial charge < -0.3 is 24.5 Å². The number of likely N-dealkylation sites (N-methyl/N-ethyl adjacent to an activating group) is 1. The van der Waals surface area contributed by atoms with E-state index in [1.54, 1.807) is 37.4 Å². The third-order valence-corrected chi connectivity index (χ3v) is 3.91. The number of rotatable bonds is 11. The van der Waals surface area contributed by atoms with Crippen molar-refractivity contribution in [3.05, 3.63) is 42.4 Å². The fourth-order valence-corrected chi connectivity index (χ4v) is 2.67. The van der Waals surface area contributed by atoms with E-state index >= 15 is 0 Å². The SMILES string of the molecule is CCOc1ccc(NC(=O)CN(C)CC(=O)NC(=O)NCc2ccco2)cc1OCC. The number of amides is 4. The maximum atomic E-state index is 12.3. The number of benzene rings is 1. The fourth-order valence-electron chi connectivity index (χ4n) is 2.67. The summed E-state index contributed by atoms with van der Waals surface area (Å²) < 4.78 is 16.1. The van der Waals surface area contributed by atoms with E-state index in [1.165, 1.54) is 11.2 Å². The first-order valence-corrected chi connectivity index (χ1v) is 9.89. The molecule has 0 aliphatic carbocycles. The highest BCUT2D eigenvalue weighted by Gasteiger charge is 2.14. The lowest BCUT2D eigenvalue weighted by Gasteiger charge is -2.16. The number of nitrogens with one attached hydrogen (secondary N) is 3. The van der Waals surface area contributed by atoms with Gasteiger partial charge in [0.15, 0.2) is 11.5 Å². The van der Waals surface area contributed by atoms with Gasteiger partial charge in [-0.15, -0.1) is 0 Å². The molecule has 0 radical (unpaired) electrons. The van der Waals surface area contributed by atoms with E-state index < -0.39 is 11.9 Å². The van der Waals surface area contributed by atoms with Gasteiger partial charge in [-0.1, -0.05) is 0 Å². The molecule has 0 fully saturated rings. The van der Waals surface area contributed by atoms with Crippen molar-refractivity contribution in [2.24, 2.45) is 0 Å². The molecule has 0 aliphatic heterocycles. The maximum Gasteiger partial charge on any atom is 0.321 e. The molecule has 10 heteroatoms. The third kappa shape index (κ3) is 8.39. The average molecular weight is 432 g/mol. The van der Waals surface area contributed by atoms with Crippen molar-refractivity contribution in [1.29, 1.82) is 0 Å². The van der Waals surface area contributed by atoms with E-state index in [4.69, 9.17) is 13.9 Å². The highest BCUT2D eigenvalue weighted by Crippen LogP contribution is 2.30. The van der Waals surface area contributed by atoms with Crippen LogP contribution in [0.4, 0.5) is 10.5 Å². The molecule has 0 saturated heterocycles. The molecule has 0 aliphatic rings. The maximum absolute atomic E-state index is 12.3. The molecule has 2 aromatic rings. The summed E-state index contributed by atoms with van der Waals surface area (Å²) in [4.78, 5) is 37.5. The van der Waals surface area contributed by atoms with Gasteiger partial charge in [0.1, 0.15) is 5.76 Å². The molecule has 10 nitrogen and oxygen atoms in total. The molecule has 4 amide bonds. The molecule has 168 valence electrons. The minimum absolute atomic E-state index is 0.0430. The lowest BCUT2D eigenvalue weighted by molar-refractivity contribution is -0.122. The largest absolute Gasteiger partial charge is 0.490 e. The number of hydrogen-bond donors (Lipinski definition) is 3. The molecule has 1 heterocycles. The minimum Gasteiger partial charge on any atom is -0.490 e. The van der Waals surface area contributed by atoms with Gasteiger partial charge in [-0.05, 0) is 45.2 Å². The summed E-state index contributed by atoms with van der Waals surface area (Å²) >= 11 is 0. The first kappa shape index (κ1) is 23.7. The zero-order valence-corrected chi connectivity index (χ0v) is 17.9. The average Bonchev–Trinajstić information content (AvgIpc) is 3.22. The van der Waals surface area contributed by atoms with Gasteiger partial charge in [0.05, 0.1) is 39.1 Å². The Morgan fingerprint density at radius 1 is 1.00 bits per heavy atom. The topological polar surface area (TPSA) is 122 Å². The fraction of sp³-hybridized carbons (Fsp3) is 0.381. The first-order chi connectivity index (χ1) is 14.9. The van der Waals surface area contributed by atoms with Gasteiger partial charge in [-0.2, -0.15) is 0 Å². The van der Waals surface area contributed by atoms with Crippen LogP contribution in [0.25, 0.3) is 0 Å². The Hall–Kier alpha value is -3.53. The van der Waals surface area contributed by atoms with Crippen molar-refractivity contribution in [2.45, 2.75) is 20.4 Å². The van der Waals surface area contributed by atoms with Crippen molar-refractivity contribution in [1.82, 2.24) is 15.5 Å². The van der Waals surface area contributed by atoms with Crippen molar-refractivity contribution < 1.29 is 28.3 Å². The van der Waals surface area contributed by atoms with E-state index in [2.05, 4.69) is 16.0 Å². The predicted molar refractivity (Wildman–Crippen MR) is 114 cm³/mol. The third-order valence-electron chi connectivity index (χ3n) is 3.91. The summed E-state index contributed by atoms with van der Waals surface area (Å²) in [5.41, 5.74) is 0.548. The number of imide groups is 1. The van der Waals surface area contributed by atoms with Crippen LogP contribution < -0.4 is 25.4 Å². The minimum atomic E-state index is -0.642. The Kier molecular flexibility index (Phi) is 9.37. The van der Waals surface area contributed by atoms with Crippen LogP contribution in [0.2, 0.25) is 0 Å². The summed E-state index contributed by atoms with van der Waals surface area (Å²) in [5, 5.41) is 7.46. The first-order valence-electron chi connectivity index (χ1n) is 9.89.